The first-order chi connectivity index (χ1) is 8.31. The van der Waals surface area contributed by atoms with Gasteiger partial charge in [0.2, 0.25) is 0 Å². The molecule has 0 aliphatic carbocycles. The van der Waals surface area contributed by atoms with Crippen molar-refractivity contribution < 1.29 is 4.74 Å². The van der Waals surface area contributed by atoms with Gasteiger partial charge in [0, 0.05) is 34.7 Å². The fourth-order valence-corrected chi connectivity index (χ4v) is 5.65. The van der Waals surface area contributed by atoms with Crippen LogP contribution in [0.4, 0.5) is 0 Å². The zero-order chi connectivity index (χ0) is 12.1. The molecule has 3 nitrogen and oxygen atoms in total. The van der Waals surface area contributed by atoms with E-state index in [9.17, 15) is 0 Å². The molecule has 0 saturated carbocycles. The van der Waals surface area contributed by atoms with Crippen molar-refractivity contribution in [2.75, 3.05) is 18.1 Å². The lowest BCUT2D eigenvalue weighted by Gasteiger charge is -2.34. The van der Waals surface area contributed by atoms with Crippen molar-refractivity contribution in [1.29, 1.82) is 0 Å². The highest BCUT2D eigenvalue weighted by Gasteiger charge is 2.30. The van der Waals surface area contributed by atoms with Gasteiger partial charge in [-0.15, -0.1) is 0 Å². The van der Waals surface area contributed by atoms with Crippen LogP contribution in [0.25, 0.3) is 0 Å². The van der Waals surface area contributed by atoms with Crippen molar-refractivity contribution >= 4 is 23.5 Å². The molecular formula is C12H24N2OS2. The molecule has 0 amide bonds. The number of ether oxygens (including phenoxy) is 1. The normalized spacial score (nSPS) is 36.0. The van der Waals surface area contributed by atoms with E-state index in [-0.39, 0.29) is 0 Å². The first-order valence-corrected chi connectivity index (χ1v) is 8.72. The molecular weight excluding hydrogens is 252 g/mol. The second-order valence-electron chi connectivity index (χ2n) is 4.90. The molecule has 100 valence electrons. The molecule has 0 aromatic rings. The van der Waals surface area contributed by atoms with Crippen LogP contribution in [0, 0.1) is 0 Å². The van der Waals surface area contributed by atoms with Crippen LogP contribution in [-0.4, -0.2) is 40.8 Å². The summed E-state index contributed by atoms with van der Waals surface area (Å²) in [6.07, 6.45) is 5.25. The van der Waals surface area contributed by atoms with E-state index in [4.69, 9.17) is 10.6 Å². The lowest BCUT2D eigenvalue weighted by Crippen LogP contribution is -2.47. The predicted molar refractivity (Wildman–Crippen MR) is 77.5 cm³/mol. The highest BCUT2D eigenvalue weighted by molar-refractivity contribution is 8.07. The van der Waals surface area contributed by atoms with Crippen LogP contribution in [0.2, 0.25) is 0 Å². The molecule has 2 rings (SSSR count). The van der Waals surface area contributed by atoms with Crippen LogP contribution in [-0.2, 0) is 4.74 Å². The molecule has 2 heterocycles. The maximum atomic E-state index is 5.74. The van der Waals surface area contributed by atoms with Crippen molar-refractivity contribution in [1.82, 2.24) is 5.43 Å². The van der Waals surface area contributed by atoms with E-state index in [1.165, 1.54) is 24.3 Å². The summed E-state index contributed by atoms with van der Waals surface area (Å²) < 4.78 is 5.68. The highest BCUT2D eigenvalue weighted by Crippen LogP contribution is 2.34. The third-order valence-electron chi connectivity index (χ3n) is 3.67. The summed E-state index contributed by atoms with van der Waals surface area (Å²) in [5.74, 6) is 8.28. The molecule has 2 fully saturated rings. The van der Waals surface area contributed by atoms with Crippen molar-refractivity contribution in [3.05, 3.63) is 0 Å². The van der Waals surface area contributed by atoms with Gasteiger partial charge in [-0.2, -0.15) is 23.5 Å². The van der Waals surface area contributed by atoms with Crippen LogP contribution < -0.4 is 11.3 Å². The fraction of sp³-hybridized carbons (Fsp3) is 1.00. The van der Waals surface area contributed by atoms with Gasteiger partial charge < -0.3 is 4.74 Å². The SMILES string of the molecule is CC1SCCSC1C(CCC1CCCO1)NN. The number of thioether (sulfide) groups is 2. The van der Waals surface area contributed by atoms with E-state index >= 15 is 0 Å². The third-order valence-corrected chi connectivity index (χ3v) is 6.92. The molecule has 17 heavy (non-hydrogen) atoms. The minimum absolute atomic E-state index is 0.437. The summed E-state index contributed by atoms with van der Waals surface area (Å²) in [6, 6.07) is 0.437. The van der Waals surface area contributed by atoms with Gasteiger partial charge in [-0.1, -0.05) is 6.92 Å². The van der Waals surface area contributed by atoms with Crippen molar-refractivity contribution in [3.63, 3.8) is 0 Å². The topological polar surface area (TPSA) is 47.3 Å². The lowest BCUT2D eigenvalue weighted by molar-refractivity contribution is 0.0995. The zero-order valence-electron chi connectivity index (χ0n) is 10.6. The van der Waals surface area contributed by atoms with Gasteiger partial charge in [-0.3, -0.25) is 11.3 Å². The Kier molecular flexibility index (Phi) is 5.96. The van der Waals surface area contributed by atoms with E-state index < -0.39 is 0 Å². The monoisotopic (exact) mass is 276 g/mol. The average molecular weight is 276 g/mol. The molecule has 0 bridgehead atoms. The predicted octanol–water partition coefficient (Wildman–Crippen LogP) is 2.01. The number of hydrogen-bond donors (Lipinski definition) is 2. The maximum Gasteiger partial charge on any atom is 0.0576 e. The van der Waals surface area contributed by atoms with Crippen LogP contribution in [0.5, 0.6) is 0 Å². The molecule has 2 saturated heterocycles. The minimum atomic E-state index is 0.437. The molecule has 4 atom stereocenters. The summed E-state index contributed by atoms with van der Waals surface area (Å²) in [4.78, 5) is 0. The van der Waals surface area contributed by atoms with Crippen LogP contribution >= 0.6 is 23.5 Å². The van der Waals surface area contributed by atoms with Crippen molar-refractivity contribution in [2.45, 2.75) is 55.3 Å². The van der Waals surface area contributed by atoms with Crippen LogP contribution in [0.1, 0.15) is 32.6 Å². The zero-order valence-corrected chi connectivity index (χ0v) is 12.2. The van der Waals surface area contributed by atoms with Gasteiger partial charge in [0.25, 0.3) is 0 Å². The Labute approximate surface area is 113 Å². The molecule has 5 heteroatoms. The smallest absolute Gasteiger partial charge is 0.0576 e. The molecule has 2 aliphatic rings. The van der Waals surface area contributed by atoms with Crippen molar-refractivity contribution in [3.8, 4) is 0 Å². The first-order valence-electron chi connectivity index (χ1n) is 6.62. The summed E-state index contributed by atoms with van der Waals surface area (Å²) in [5, 5.41) is 1.36. The van der Waals surface area contributed by atoms with E-state index in [0.717, 1.165) is 19.4 Å². The lowest BCUT2D eigenvalue weighted by atomic mass is 10.0. The summed E-state index contributed by atoms with van der Waals surface area (Å²) in [7, 11) is 0. The van der Waals surface area contributed by atoms with Gasteiger partial charge >= 0.3 is 0 Å². The van der Waals surface area contributed by atoms with Crippen LogP contribution in [0.3, 0.4) is 0 Å². The van der Waals surface area contributed by atoms with E-state index in [2.05, 4.69) is 35.9 Å². The van der Waals surface area contributed by atoms with Crippen LogP contribution in [0.15, 0.2) is 0 Å². The number of rotatable bonds is 5. The number of nitrogens with two attached hydrogens (primary N) is 1. The standard InChI is InChI=1S/C12H24N2OS2/c1-9-12(17-8-7-16-9)11(14-13)5-4-10-3-2-6-15-10/h9-12,14H,2-8,13H2,1H3. The summed E-state index contributed by atoms with van der Waals surface area (Å²) in [6.45, 7) is 3.29. The number of hydrazine groups is 1. The minimum Gasteiger partial charge on any atom is -0.378 e. The molecule has 2 aliphatic heterocycles. The average Bonchev–Trinajstić information content (AvgIpc) is 2.85. The quantitative estimate of drug-likeness (QED) is 0.594. The second-order valence-corrected chi connectivity index (χ2v) is 7.67. The van der Waals surface area contributed by atoms with E-state index in [1.807, 2.05) is 0 Å². The molecule has 0 radical (unpaired) electrons. The molecule has 4 unspecified atom stereocenters. The Bertz CT molecular complexity index is 225. The Balaban J connectivity index is 1.77. The first kappa shape index (κ1) is 14.0. The third kappa shape index (κ3) is 4.03. The summed E-state index contributed by atoms with van der Waals surface area (Å²) in [5.41, 5.74) is 3.04. The van der Waals surface area contributed by atoms with Gasteiger partial charge in [0.05, 0.1) is 6.10 Å². The maximum absolute atomic E-state index is 5.74. The summed E-state index contributed by atoms with van der Waals surface area (Å²) >= 11 is 4.16. The molecule has 0 aromatic heterocycles. The Hall–Kier alpha value is 0.580. The Morgan fingerprint density at radius 3 is 2.88 bits per heavy atom. The van der Waals surface area contributed by atoms with Gasteiger partial charge in [-0.25, -0.2) is 0 Å². The number of nitrogens with one attached hydrogen (secondary N) is 1. The Morgan fingerprint density at radius 2 is 2.24 bits per heavy atom. The van der Waals surface area contributed by atoms with E-state index in [1.54, 1.807) is 0 Å². The van der Waals surface area contributed by atoms with Crippen molar-refractivity contribution in [2.24, 2.45) is 5.84 Å². The largest absolute Gasteiger partial charge is 0.378 e. The molecule has 0 aromatic carbocycles. The molecule has 3 N–H and O–H groups in total. The fourth-order valence-electron chi connectivity index (χ4n) is 2.67. The Morgan fingerprint density at radius 1 is 1.41 bits per heavy atom. The molecule has 0 spiro atoms. The van der Waals surface area contributed by atoms with Gasteiger partial charge in [0.1, 0.15) is 0 Å². The number of hydrogen-bond acceptors (Lipinski definition) is 5. The highest BCUT2D eigenvalue weighted by atomic mass is 32.2. The van der Waals surface area contributed by atoms with Gasteiger partial charge in [0.15, 0.2) is 0 Å². The van der Waals surface area contributed by atoms with Gasteiger partial charge in [-0.05, 0) is 25.7 Å². The van der Waals surface area contributed by atoms with E-state index in [0.29, 0.717) is 22.6 Å². The second kappa shape index (κ2) is 7.24.